The molecule has 2 rings (SSSR count). The van der Waals surface area contributed by atoms with E-state index in [0.717, 1.165) is 31.6 Å². The molecule has 1 aliphatic rings. The molecule has 122 valence electrons. The quantitative estimate of drug-likeness (QED) is 0.724. The first-order chi connectivity index (χ1) is 10.2. The Morgan fingerprint density at radius 1 is 1.14 bits per heavy atom. The van der Waals surface area contributed by atoms with E-state index in [-0.39, 0.29) is 30.1 Å². The van der Waals surface area contributed by atoms with Crippen molar-refractivity contribution in [2.75, 3.05) is 26.2 Å². The van der Waals surface area contributed by atoms with Crippen molar-refractivity contribution in [1.29, 1.82) is 0 Å². The molecule has 0 saturated carbocycles. The van der Waals surface area contributed by atoms with Crippen LogP contribution in [-0.4, -0.2) is 47.8 Å². The molecule has 4 nitrogen and oxygen atoms in total. The lowest BCUT2D eigenvalue weighted by molar-refractivity contribution is -0.138. The van der Waals surface area contributed by atoms with Crippen LogP contribution in [0.2, 0.25) is 0 Å². The molecule has 1 aromatic rings. The molecule has 0 spiro atoms. The molecule has 1 fully saturated rings. The molecule has 1 aromatic carbocycles. The van der Waals surface area contributed by atoms with Gasteiger partial charge in [-0.1, -0.05) is 44.2 Å². The zero-order valence-electron chi connectivity index (χ0n) is 13.3. The fourth-order valence-electron chi connectivity index (χ4n) is 2.86. The lowest BCUT2D eigenvalue weighted by Gasteiger charge is -2.20. The van der Waals surface area contributed by atoms with E-state index in [1.807, 2.05) is 30.3 Å². The largest absolute Gasteiger partial charge is 0.304 e. The number of imide groups is 1. The van der Waals surface area contributed by atoms with E-state index in [9.17, 15) is 9.59 Å². The standard InChI is InChI=1S/C17H24N2O2.ClH/c1-3-18(4-2)11-8-12-19-16(20)13-15(17(19)21)14-9-6-5-7-10-14;/h5-7,9-10,15H,3-4,8,11-13H2,1-2H3;1H. The van der Waals surface area contributed by atoms with Gasteiger partial charge in [0.15, 0.2) is 0 Å². The summed E-state index contributed by atoms with van der Waals surface area (Å²) >= 11 is 0. The minimum atomic E-state index is -0.285. The summed E-state index contributed by atoms with van der Waals surface area (Å²) in [4.78, 5) is 28.2. The summed E-state index contributed by atoms with van der Waals surface area (Å²) in [6, 6.07) is 9.60. The van der Waals surface area contributed by atoms with Crippen molar-refractivity contribution in [2.45, 2.75) is 32.6 Å². The summed E-state index contributed by atoms with van der Waals surface area (Å²) in [5, 5.41) is 0. The highest BCUT2D eigenvalue weighted by Gasteiger charge is 2.38. The summed E-state index contributed by atoms with van der Waals surface area (Å²) in [5.41, 5.74) is 0.946. The van der Waals surface area contributed by atoms with Crippen molar-refractivity contribution in [3.8, 4) is 0 Å². The first-order valence-electron chi connectivity index (χ1n) is 7.78. The number of carbonyl (C=O) groups excluding carboxylic acids is 2. The van der Waals surface area contributed by atoms with Gasteiger partial charge >= 0.3 is 0 Å². The fraction of sp³-hybridized carbons (Fsp3) is 0.529. The second-order valence-electron chi connectivity index (χ2n) is 5.43. The number of nitrogens with zero attached hydrogens (tertiary/aromatic N) is 2. The molecule has 1 saturated heterocycles. The number of carbonyl (C=O) groups is 2. The Bertz CT molecular complexity index is 489. The topological polar surface area (TPSA) is 40.6 Å². The molecule has 0 bridgehead atoms. The van der Waals surface area contributed by atoms with E-state index in [2.05, 4.69) is 18.7 Å². The summed E-state index contributed by atoms with van der Waals surface area (Å²) < 4.78 is 0. The third-order valence-corrected chi connectivity index (χ3v) is 4.20. The van der Waals surface area contributed by atoms with Gasteiger partial charge in [-0.25, -0.2) is 0 Å². The Morgan fingerprint density at radius 3 is 2.36 bits per heavy atom. The number of halogens is 1. The predicted octanol–water partition coefficient (Wildman–Crippen LogP) is 2.68. The lowest BCUT2D eigenvalue weighted by Crippen LogP contribution is -2.34. The molecule has 0 aliphatic carbocycles. The van der Waals surface area contributed by atoms with Crippen molar-refractivity contribution in [3.63, 3.8) is 0 Å². The first kappa shape index (κ1) is 18.7. The third kappa shape index (κ3) is 4.31. The Balaban J connectivity index is 0.00000242. The fourth-order valence-corrected chi connectivity index (χ4v) is 2.86. The van der Waals surface area contributed by atoms with E-state index in [4.69, 9.17) is 0 Å². The highest BCUT2D eigenvalue weighted by Crippen LogP contribution is 2.29. The zero-order chi connectivity index (χ0) is 15.2. The Labute approximate surface area is 138 Å². The average molecular weight is 325 g/mol. The smallest absolute Gasteiger partial charge is 0.237 e. The minimum absolute atomic E-state index is 0. The lowest BCUT2D eigenvalue weighted by atomic mass is 9.98. The van der Waals surface area contributed by atoms with Crippen molar-refractivity contribution in [2.24, 2.45) is 0 Å². The van der Waals surface area contributed by atoms with Crippen LogP contribution >= 0.6 is 12.4 Å². The summed E-state index contributed by atoms with van der Waals surface area (Å²) in [7, 11) is 0. The maximum absolute atomic E-state index is 12.4. The van der Waals surface area contributed by atoms with Gasteiger partial charge in [0.1, 0.15) is 0 Å². The number of amides is 2. The van der Waals surface area contributed by atoms with Crippen LogP contribution in [0, 0.1) is 0 Å². The van der Waals surface area contributed by atoms with E-state index in [0.29, 0.717) is 13.0 Å². The van der Waals surface area contributed by atoms with Gasteiger partial charge in [-0.15, -0.1) is 12.4 Å². The van der Waals surface area contributed by atoms with E-state index < -0.39 is 0 Å². The summed E-state index contributed by atoms with van der Waals surface area (Å²) in [6.07, 6.45) is 1.16. The van der Waals surface area contributed by atoms with Gasteiger partial charge in [0.25, 0.3) is 0 Å². The van der Waals surface area contributed by atoms with Crippen LogP contribution in [0.15, 0.2) is 30.3 Å². The Hall–Kier alpha value is -1.39. The van der Waals surface area contributed by atoms with Crippen molar-refractivity contribution in [3.05, 3.63) is 35.9 Å². The molecule has 2 amide bonds. The summed E-state index contributed by atoms with van der Waals surface area (Å²) in [5.74, 6) is -0.355. The van der Waals surface area contributed by atoms with Gasteiger partial charge in [-0.3, -0.25) is 14.5 Å². The molecule has 1 atom stereocenters. The van der Waals surface area contributed by atoms with Gasteiger partial charge in [0.2, 0.25) is 11.8 Å². The van der Waals surface area contributed by atoms with Crippen LogP contribution in [0.4, 0.5) is 0 Å². The van der Waals surface area contributed by atoms with Gasteiger partial charge in [0.05, 0.1) is 5.92 Å². The summed E-state index contributed by atoms with van der Waals surface area (Å²) in [6.45, 7) is 7.73. The van der Waals surface area contributed by atoms with Crippen molar-refractivity contribution in [1.82, 2.24) is 9.80 Å². The van der Waals surface area contributed by atoms with Crippen LogP contribution in [0.25, 0.3) is 0 Å². The van der Waals surface area contributed by atoms with Crippen LogP contribution in [0.5, 0.6) is 0 Å². The van der Waals surface area contributed by atoms with Crippen molar-refractivity contribution >= 4 is 24.2 Å². The van der Waals surface area contributed by atoms with Crippen LogP contribution in [-0.2, 0) is 9.59 Å². The van der Waals surface area contributed by atoms with Gasteiger partial charge in [-0.05, 0) is 31.6 Å². The maximum atomic E-state index is 12.4. The maximum Gasteiger partial charge on any atom is 0.237 e. The molecule has 0 aromatic heterocycles. The van der Waals surface area contributed by atoms with E-state index >= 15 is 0 Å². The second kappa shape index (κ2) is 8.91. The number of benzene rings is 1. The number of likely N-dealkylation sites (tertiary alicyclic amines) is 1. The number of rotatable bonds is 7. The minimum Gasteiger partial charge on any atom is -0.304 e. The molecule has 1 heterocycles. The second-order valence-corrected chi connectivity index (χ2v) is 5.43. The molecule has 5 heteroatoms. The highest BCUT2D eigenvalue weighted by molar-refractivity contribution is 6.06. The SMILES string of the molecule is CCN(CC)CCCN1C(=O)CC(c2ccccc2)C1=O.Cl. The molecule has 22 heavy (non-hydrogen) atoms. The van der Waals surface area contributed by atoms with Gasteiger partial charge < -0.3 is 4.90 Å². The van der Waals surface area contributed by atoms with Crippen molar-refractivity contribution < 1.29 is 9.59 Å². The predicted molar refractivity (Wildman–Crippen MR) is 90.2 cm³/mol. The molecule has 1 aliphatic heterocycles. The van der Waals surface area contributed by atoms with E-state index in [1.54, 1.807) is 0 Å². The number of hydrogen-bond donors (Lipinski definition) is 0. The number of hydrogen-bond acceptors (Lipinski definition) is 3. The first-order valence-corrected chi connectivity index (χ1v) is 7.78. The molecule has 0 radical (unpaired) electrons. The van der Waals surface area contributed by atoms with E-state index in [1.165, 1.54) is 4.90 Å². The third-order valence-electron chi connectivity index (χ3n) is 4.20. The van der Waals surface area contributed by atoms with Crippen LogP contribution in [0.3, 0.4) is 0 Å². The molecular formula is C17H25ClN2O2. The molecular weight excluding hydrogens is 300 g/mol. The monoisotopic (exact) mass is 324 g/mol. The van der Waals surface area contributed by atoms with Crippen LogP contribution in [0.1, 0.15) is 38.2 Å². The Morgan fingerprint density at radius 2 is 1.77 bits per heavy atom. The van der Waals surface area contributed by atoms with Crippen LogP contribution < -0.4 is 0 Å². The Kier molecular flexibility index (Phi) is 7.56. The van der Waals surface area contributed by atoms with Gasteiger partial charge in [0, 0.05) is 13.0 Å². The molecule has 1 unspecified atom stereocenters. The molecule has 0 N–H and O–H groups in total. The average Bonchev–Trinajstić information content (AvgIpc) is 2.80. The zero-order valence-corrected chi connectivity index (χ0v) is 14.1. The van der Waals surface area contributed by atoms with Gasteiger partial charge in [-0.2, -0.15) is 0 Å². The normalized spacial score (nSPS) is 18.0. The highest BCUT2D eigenvalue weighted by atomic mass is 35.5.